The molecule has 0 aliphatic heterocycles. The zero-order valence-electron chi connectivity index (χ0n) is 12.2. The molecule has 1 aliphatic carbocycles. The van der Waals surface area contributed by atoms with E-state index in [4.69, 9.17) is 0 Å². The molecule has 3 atom stereocenters. The van der Waals surface area contributed by atoms with Crippen molar-refractivity contribution >= 4 is 5.97 Å². The number of aliphatic carboxylic acids is 1. The van der Waals surface area contributed by atoms with Gasteiger partial charge >= 0.3 is 5.97 Å². The number of hydrogen-bond acceptors (Lipinski definition) is 3. The van der Waals surface area contributed by atoms with E-state index in [2.05, 4.69) is 24.2 Å². The summed E-state index contributed by atoms with van der Waals surface area (Å²) in [5, 5.41) is 12.3. The highest BCUT2D eigenvalue weighted by Crippen LogP contribution is 2.37. The summed E-state index contributed by atoms with van der Waals surface area (Å²) >= 11 is 0. The second-order valence-corrected chi connectivity index (χ2v) is 5.83. The van der Waals surface area contributed by atoms with Crippen LogP contribution in [0.25, 0.3) is 0 Å². The molecule has 1 fully saturated rings. The van der Waals surface area contributed by atoms with Crippen molar-refractivity contribution in [3.63, 3.8) is 0 Å². The van der Waals surface area contributed by atoms with Gasteiger partial charge in [-0.2, -0.15) is 0 Å². The molecule has 0 aromatic heterocycles. The molecule has 1 rings (SSSR count). The number of carbonyl (C=O) groups is 1. The number of likely N-dealkylation sites (N-methyl/N-ethyl adjacent to an activating group) is 1. The SMILES string of the molecule is CCC(CCCN(C)CC1CC1C)(NC)C(=O)O. The van der Waals surface area contributed by atoms with Crippen LogP contribution in [0.15, 0.2) is 0 Å². The Morgan fingerprint density at radius 1 is 1.56 bits per heavy atom. The summed E-state index contributed by atoms with van der Waals surface area (Å²) in [6.45, 7) is 6.37. The van der Waals surface area contributed by atoms with E-state index in [0.29, 0.717) is 12.8 Å². The van der Waals surface area contributed by atoms with E-state index in [9.17, 15) is 9.90 Å². The standard InChI is InChI=1S/C14H28N2O2/c1-5-14(15-3,13(17)18)7-6-8-16(4)10-12-9-11(12)2/h11-12,15H,5-10H2,1-4H3,(H,17,18). The maximum absolute atomic E-state index is 11.3. The molecular weight excluding hydrogens is 228 g/mol. The topological polar surface area (TPSA) is 52.6 Å². The molecule has 0 heterocycles. The number of hydrogen-bond donors (Lipinski definition) is 2. The van der Waals surface area contributed by atoms with Crippen LogP contribution >= 0.6 is 0 Å². The zero-order valence-corrected chi connectivity index (χ0v) is 12.2. The first-order valence-electron chi connectivity index (χ1n) is 7.06. The van der Waals surface area contributed by atoms with Gasteiger partial charge in [0.2, 0.25) is 0 Å². The molecule has 0 spiro atoms. The van der Waals surface area contributed by atoms with Gasteiger partial charge in [0.05, 0.1) is 0 Å². The predicted molar refractivity (Wildman–Crippen MR) is 73.7 cm³/mol. The van der Waals surface area contributed by atoms with Crippen molar-refractivity contribution in [2.45, 2.75) is 45.1 Å². The number of nitrogens with one attached hydrogen (secondary N) is 1. The Bertz CT molecular complexity index is 277. The fourth-order valence-corrected chi connectivity index (χ4v) is 2.64. The van der Waals surface area contributed by atoms with Crippen molar-refractivity contribution in [1.82, 2.24) is 10.2 Å². The molecule has 0 aromatic rings. The Balaban J connectivity index is 2.27. The smallest absolute Gasteiger partial charge is 0.323 e. The molecule has 2 N–H and O–H groups in total. The van der Waals surface area contributed by atoms with Gasteiger partial charge in [0.15, 0.2) is 0 Å². The summed E-state index contributed by atoms with van der Waals surface area (Å²) in [4.78, 5) is 13.7. The second kappa shape index (κ2) is 6.53. The van der Waals surface area contributed by atoms with Crippen LogP contribution < -0.4 is 5.32 Å². The summed E-state index contributed by atoms with van der Waals surface area (Å²) in [6, 6.07) is 0. The molecule has 18 heavy (non-hydrogen) atoms. The van der Waals surface area contributed by atoms with Gasteiger partial charge in [0.25, 0.3) is 0 Å². The Morgan fingerprint density at radius 3 is 2.56 bits per heavy atom. The van der Waals surface area contributed by atoms with Crippen LogP contribution in [0.5, 0.6) is 0 Å². The average molecular weight is 256 g/mol. The largest absolute Gasteiger partial charge is 0.480 e. The van der Waals surface area contributed by atoms with E-state index in [-0.39, 0.29) is 0 Å². The van der Waals surface area contributed by atoms with Gasteiger partial charge in [0, 0.05) is 6.54 Å². The molecule has 4 nitrogen and oxygen atoms in total. The molecule has 1 aliphatic rings. The molecular formula is C14H28N2O2. The van der Waals surface area contributed by atoms with Gasteiger partial charge < -0.3 is 15.3 Å². The third-order valence-electron chi connectivity index (χ3n) is 4.46. The van der Waals surface area contributed by atoms with Gasteiger partial charge in [0.1, 0.15) is 5.54 Å². The first-order chi connectivity index (χ1) is 8.45. The average Bonchev–Trinajstić information content (AvgIpc) is 3.00. The lowest BCUT2D eigenvalue weighted by Crippen LogP contribution is -2.50. The summed E-state index contributed by atoms with van der Waals surface area (Å²) < 4.78 is 0. The first-order valence-corrected chi connectivity index (χ1v) is 7.06. The third-order valence-corrected chi connectivity index (χ3v) is 4.46. The van der Waals surface area contributed by atoms with Crippen LogP contribution in [0, 0.1) is 11.8 Å². The Labute approximate surface area is 111 Å². The number of carboxylic acid groups (broad SMARTS) is 1. The lowest BCUT2D eigenvalue weighted by Gasteiger charge is -2.28. The third kappa shape index (κ3) is 3.95. The number of carboxylic acids is 1. The fraction of sp³-hybridized carbons (Fsp3) is 0.929. The molecule has 3 unspecified atom stereocenters. The van der Waals surface area contributed by atoms with E-state index in [1.165, 1.54) is 6.42 Å². The highest BCUT2D eigenvalue weighted by Gasteiger charge is 2.35. The molecule has 106 valence electrons. The number of nitrogens with zero attached hydrogens (tertiary/aromatic N) is 1. The first kappa shape index (κ1) is 15.4. The van der Waals surface area contributed by atoms with Crippen LogP contribution in [0.3, 0.4) is 0 Å². The summed E-state index contributed by atoms with van der Waals surface area (Å²) in [5.41, 5.74) is -0.742. The van der Waals surface area contributed by atoms with E-state index >= 15 is 0 Å². The quantitative estimate of drug-likeness (QED) is 0.660. The summed E-state index contributed by atoms with van der Waals surface area (Å²) in [6.07, 6.45) is 3.61. The van der Waals surface area contributed by atoms with Crippen LogP contribution in [-0.2, 0) is 4.79 Å². The van der Waals surface area contributed by atoms with Crippen LogP contribution in [0.1, 0.15) is 39.5 Å². The van der Waals surface area contributed by atoms with Gasteiger partial charge in [-0.25, -0.2) is 0 Å². The minimum absolute atomic E-state index is 0.627. The Morgan fingerprint density at radius 2 is 2.17 bits per heavy atom. The Kier molecular flexibility index (Phi) is 5.60. The van der Waals surface area contributed by atoms with Crippen molar-refractivity contribution in [1.29, 1.82) is 0 Å². The fourth-order valence-electron chi connectivity index (χ4n) is 2.64. The molecule has 1 saturated carbocycles. The summed E-state index contributed by atoms with van der Waals surface area (Å²) in [7, 11) is 3.88. The van der Waals surface area contributed by atoms with E-state index < -0.39 is 11.5 Å². The Hall–Kier alpha value is -0.610. The lowest BCUT2D eigenvalue weighted by molar-refractivity contribution is -0.145. The predicted octanol–water partition coefficient (Wildman–Crippen LogP) is 1.81. The zero-order chi connectivity index (χ0) is 13.8. The van der Waals surface area contributed by atoms with Crippen LogP contribution in [0.4, 0.5) is 0 Å². The lowest BCUT2D eigenvalue weighted by atomic mass is 9.90. The molecule has 0 saturated heterocycles. The monoisotopic (exact) mass is 256 g/mol. The van der Waals surface area contributed by atoms with Crippen LogP contribution in [-0.4, -0.2) is 48.7 Å². The van der Waals surface area contributed by atoms with Crippen molar-refractivity contribution in [2.24, 2.45) is 11.8 Å². The van der Waals surface area contributed by atoms with E-state index in [0.717, 1.165) is 31.3 Å². The minimum atomic E-state index is -0.742. The van der Waals surface area contributed by atoms with E-state index in [1.807, 2.05) is 6.92 Å². The van der Waals surface area contributed by atoms with Crippen molar-refractivity contribution in [2.75, 3.05) is 27.2 Å². The van der Waals surface area contributed by atoms with Crippen LogP contribution in [0.2, 0.25) is 0 Å². The van der Waals surface area contributed by atoms with Crippen molar-refractivity contribution < 1.29 is 9.90 Å². The van der Waals surface area contributed by atoms with Gasteiger partial charge in [-0.3, -0.25) is 4.79 Å². The van der Waals surface area contributed by atoms with Gasteiger partial charge in [-0.1, -0.05) is 13.8 Å². The molecule has 0 amide bonds. The molecule has 0 aromatic carbocycles. The summed E-state index contributed by atoms with van der Waals surface area (Å²) in [5.74, 6) is 1.03. The second-order valence-electron chi connectivity index (χ2n) is 5.83. The van der Waals surface area contributed by atoms with Gasteiger partial charge in [-0.15, -0.1) is 0 Å². The maximum atomic E-state index is 11.3. The van der Waals surface area contributed by atoms with Crippen molar-refractivity contribution in [3.05, 3.63) is 0 Å². The van der Waals surface area contributed by atoms with Crippen molar-refractivity contribution in [3.8, 4) is 0 Å². The number of rotatable bonds is 9. The van der Waals surface area contributed by atoms with Gasteiger partial charge in [-0.05, 0) is 58.2 Å². The molecule has 4 heteroatoms. The normalized spacial score (nSPS) is 26.1. The highest BCUT2D eigenvalue weighted by atomic mass is 16.4. The van der Waals surface area contributed by atoms with E-state index in [1.54, 1.807) is 7.05 Å². The molecule has 0 radical (unpaired) electrons. The maximum Gasteiger partial charge on any atom is 0.323 e. The minimum Gasteiger partial charge on any atom is -0.480 e. The highest BCUT2D eigenvalue weighted by molar-refractivity contribution is 5.78. The molecule has 0 bridgehead atoms.